The van der Waals surface area contributed by atoms with Gasteiger partial charge in [-0.1, -0.05) is 6.07 Å². The first kappa shape index (κ1) is 22.9. The Bertz CT molecular complexity index is 1130. The molecule has 3 rings (SSSR count). The van der Waals surface area contributed by atoms with Gasteiger partial charge in [0, 0.05) is 26.2 Å². The van der Waals surface area contributed by atoms with Gasteiger partial charge < -0.3 is 0 Å². The van der Waals surface area contributed by atoms with Gasteiger partial charge in [-0.05, 0) is 80.6 Å². The molecule has 1 aliphatic rings. The van der Waals surface area contributed by atoms with Crippen LogP contribution < -0.4 is 0 Å². The Morgan fingerprint density at radius 3 is 1.70 bits per heavy atom. The van der Waals surface area contributed by atoms with E-state index >= 15 is 0 Å². The lowest BCUT2D eigenvalue weighted by molar-refractivity contribution is 0.404. The number of hydrogen-bond donors (Lipinski definition) is 0. The number of aryl methyl sites for hydroxylation is 2. The van der Waals surface area contributed by atoms with E-state index in [4.69, 9.17) is 0 Å². The maximum atomic E-state index is 13.5. The van der Waals surface area contributed by atoms with Crippen LogP contribution in [0, 0.1) is 33.5 Å². The van der Waals surface area contributed by atoms with Gasteiger partial charge in [0.05, 0.1) is 9.79 Å². The lowest BCUT2D eigenvalue weighted by Crippen LogP contribution is -2.37. The van der Waals surface area contributed by atoms with Gasteiger partial charge in [-0.3, -0.25) is 0 Å². The number of hydrogen-bond acceptors (Lipinski definition) is 4. The lowest BCUT2D eigenvalue weighted by atomic mass is 10.0. The Kier molecular flexibility index (Phi) is 6.38. The Morgan fingerprint density at radius 2 is 1.20 bits per heavy atom. The number of nitrogens with zero attached hydrogens (tertiary/aromatic N) is 2. The molecule has 0 aromatic heterocycles. The topological polar surface area (TPSA) is 74.8 Å². The van der Waals surface area contributed by atoms with Crippen LogP contribution in [0.1, 0.15) is 28.7 Å². The number of sulfonamides is 2. The molecule has 0 amide bonds. The van der Waals surface area contributed by atoms with Crippen molar-refractivity contribution in [1.82, 2.24) is 8.61 Å². The van der Waals surface area contributed by atoms with Crippen LogP contribution in [-0.4, -0.2) is 51.6 Å². The summed E-state index contributed by atoms with van der Waals surface area (Å²) < 4.78 is 68.6. The summed E-state index contributed by atoms with van der Waals surface area (Å²) in [5.41, 5.74) is 3.26. The Morgan fingerprint density at radius 1 is 0.733 bits per heavy atom. The van der Waals surface area contributed by atoms with Crippen LogP contribution in [0.4, 0.5) is 4.39 Å². The molecule has 6 nitrogen and oxygen atoms in total. The fraction of sp³-hybridized carbons (Fsp3) is 0.429. The molecule has 0 bridgehead atoms. The second-order valence-corrected chi connectivity index (χ2v) is 11.5. The monoisotopic (exact) mass is 454 g/mol. The standard InChI is InChI=1S/C21H27FN2O4S2/c1-15-14-16(2)18(4)21(17(15)3)30(27,28)24-11-5-10-23(12-13-24)29(25,26)20-8-6-19(22)7-9-20/h6-9,14H,5,10-13H2,1-4H3. The maximum absolute atomic E-state index is 13.5. The lowest BCUT2D eigenvalue weighted by Gasteiger charge is -2.24. The van der Waals surface area contributed by atoms with Crippen molar-refractivity contribution in [2.24, 2.45) is 0 Å². The van der Waals surface area contributed by atoms with E-state index in [0.29, 0.717) is 11.3 Å². The third-order valence-electron chi connectivity index (χ3n) is 5.76. The summed E-state index contributed by atoms with van der Waals surface area (Å²) in [5.74, 6) is -0.513. The van der Waals surface area contributed by atoms with E-state index in [2.05, 4.69) is 0 Å². The van der Waals surface area contributed by atoms with Crippen molar-refractivity contribution in [1.29, 1.82) is 0 Å². The molecule has 1 fully saturated rings. The van der Waals surface area contributed by atoms with Gasteiger partial charge in [0.25, 0.3) is 0 Å². The number of halogens is 1. The second-order valence-electron chi connectivity index (χ2n) is 7.71. The fourth-order valence-corrected chi connectivity index (χ4v) is 7.32. The van der Waals surface area contributed by atoms with Crippen LogP contribution in [0.25, 0.3) is 0 Å². The third-order valence-corrected chi connectivity index (χ3v) is 9.85. The summed E-state index contributed by atoms with van der Waals surface area (Å²) >= 11 is 0. The van der Waals surface area contributed by atoms with E-state index in [1.54, 1.807) is 13.8 Å². The number of benzene rings is 2. The van der Waals surface area contributed by atoms with E-state index in [1.807, 2.05) is 19.9 Å². The average Bonchev–Trinajstić information content (AvgIpc) is 2.94. The van der Waals surface area contributed by atoms with Gasteiger partial charge in [-0.2, -0.15) is 8.61 Å². The quantitative estimate of drug-likeness (QED) is 0.711. The SMILES string of the molecule is Cc1cc(C)c(C)c(S(=O)(=O)N2CCCN(S(=O)(=O)c3ccc(F)cc3)CC2)c1C. The summed E-state index contributed by atoms with van der Waals surface area (Å²) in [6, 6.07) is 6.64. The maximum Gasteiger partial charge on any atom is 0.243 e. The summed E-state index contributed by atoms with van der Waals surface area (Å²) in [7, 11) is -7.59. The molecular formula is C21H27FN2O4S2. The molecule has 30 heavy (non-hydrogen) atoms. The first-order chi connectivity index (χ1) is 14.0. The van der Waals surface area contributed by atoms with Crippen LogP contribution in [0.5, 0.6) is 0 Å². The zero-order chi connectivity index (χ0) is 22.3. The molecule has 9 heteroatoms. The summed E-state index contributed by atoms with van der Waals surface area (Å²) in [5, 5.41) is 0. The van der Waals surface area contributed by atoms with E-state index in [-0.39, 0.29) is 31.1 Å². The van der Waals surface area contributed by atoms with Gasteiger partial charge in [0.2, 0.25) is 20.0 Å². The first-order valence-electron chi connectivity index (χ1n) is 9.79. The minimum Gasteiger partial charge on any atom is -0.207 e. The Hall–Kier alpha value is -1.81. The molecule has 0 N–H and O–H groups in total. The molecule has 0 spiro atoms. The van der Waals surface area contributed by atoms with Crippen molar-refractivity contribution in [3.8, 4) is 0 Å². The number of rotatable bonds is 4. The molecule has 0 atom stereocenters. The first-order valence-corrected chi connectivity index (χ1v) is 12.7. The molecule has 0 aliphatic carbocycles. The molecule has 1 saturated heterocycles. The largest absolute Gasteiger partial charge is 0.243 e. The van der Waals surface area contributed by atoms with Gasteiger partial charge in [-0.15, -0.1) is 0 Å². The zero-order valence-electron chi connectivity index (χ0n) is 17.6. The van der Waals surface area contributed by atoms with Gasteiger partial charge in [0.1, 0.15) is 5.82 Å². The summed E-state index contributed by atoms with van der Waals surface area (Å²) in [6.45, 7) is 7.94. The highest BCUT2D eigenvalue weighted by molar-refractivity contribution is 7.89. The van der Waals surface area contributed by atoms with Crippen LogP contribution in [0.15, 0.2) is 40.1 Å². The van der Waals surface area contributed by atoms with E-state index in [1.165, 1.54) is 20.7 Å². The molecule has 0 unspecified atom stereocenters. The van der Waals surface area contributed by atoms with Crippen LogP contribution in [0.2, 0.25) is 0 Å². The summed E-state index contributed by atoms with van der Waals surface area (Å²) in [6.07, 6.45) is 0.378. The van der Waals surface area contributed by atoms with Gasteiger partial charge in [0.15, 0.2) is 0 Å². The second kappa shape index (κ2) is 8.37. The van der Waals surface area contributed by atoms with Crippen molar-refractivity contribution in [2.75, 3.05) is 26.2 Å². The van der Waals surface area contributed by atoms with Crippen molar-refractivity contribution in [3.05, 3.63) is 58.4 Å². The van der Waals surface area contributed by atoms with Crippen molar-refractivity contribution < 1.29 is 21.2 Å². The third kappa shape index (κ3) is 4.16. The minimum atomic E-state index is -3.82. The summed E-state index contributed by atoms with van der Waals surface area (Å²) in [4.78, 5) is 0.316. The van der Waals surface area contributed by atoms with Gasteiger partial charge >= 0.3 is 0 Å². The predicted octanol–water partition coefficient (Wildman–Crippen LogP) is 3.14. The van der Waals surface area contributed by atoms with Gasteiger partial charge in [-0.25, -0.2) is 21.2 Å². The predicted molar refractivity (Wildman–Crippen MR) is 114 cm³/mol. The van der Waals surface area contributed by atoms with Crippen molar-refractivity contribution >= 4 is 20.0 Å². The fourth-order valence-electron chi connectivity index (χ4n) is 3.80. The molecule has 0 radical (unpaired) electrons. The minimum absolute atomic E-state index is 0.00112. The molecule has 1 aliphatic heterocycles. The molecular weight excluding hydrogens is 427 g/mol. The molecule has 2 aromatic rings. The molecule has 1 heterocycles. The smallest absolute Gasteiger partial charge is 0.207 e. The molecule has 2 aromatic carbocycles. The molecule has 0 saturated carbocycles. The highest BCUT2D eigenvalue weighted by atomic mass is 32.2. The normalized spacial score (nSPS) is 17.1. The van der Waals surface area contributed by atoms with Crippen molar-refractivity contribution in [3.63, 3.8) is 0 Å². The van der Waals surface area contributed by atoms with Crippen molar-refractivity contribution in [2.45, 2.75) is 43.9 Å². The van der Waals surface area contributed by atoms with Crippen LogP contribution >= 0.6 is 0 Å². The highest BCUT2D eigenvalue weighted by Gasteiger charge is 2.33. The molecule has 164 valence electrons. The Labute approximate surface area is 178 Å². The zero-order valence-corrected chi connectivity index (χ0v) is 19.3. The van der Waals surface area contributed by atoms with E-state index in [9.17, 15) is 21.2 Å². The van der Waals surface area contributed by atoms with Crippen LogP contribution in [-0.2, 0) is 20.0 Å². The Balaban J connectivity index is 1.89. The van der Waals surface area contributed by atoms with E-state index < -0.39 is 25.9 Å². The van der Waals surface area contributed by atoms with E-state index in [0.717, 1.165) is 34.4 Å². The average molecular weight is 455 g/mol. The van der Waals surface area contributed by atoms with Crippen LogP contribution in [0.3, 0.4) is 0 Å². The highest BCUT2D eigenvalue weighted by Crippen LogP contribution is 2.29.